The Hall–Kier alpha value is -3.17. The molecule has 1 heterocycles. The number of hydrogen-bond acceptors (Lipinski definition) is 3. The van der Waals surface area contributed by atoms with Crippen molar-refractivity contribution in [2.24, 2.45) is 0 Å². The summed E-state index contributed by atoms with van der Waals surface area (Å²) in [5.74, 6) is 0. The van der Waals surface area contributed by atoms with Crippen LogP contribution in [0.1, 0.15) is 0 Å². The highest BCUT2D eigenvalue weighted by molar-refractivity contribution is 8.02. The van der Waals surface area contributed by atoms with Crippen LogP contribution in [0.15, 0.2) is 91.0 Å². The molecule has 0 saturated carbocycles. The predicted octanol–water partition coefficient (Wildman–Crippen LogP) is 7.27. The van der Waals surface area contributed by atoms with Gasteiger partial charge in [0, 0.05) is 5.39 Å². The normalized spacial score (nSPS) is 13.3. The van der Waals surface area contributed by atoms with Gasteiger partial charge in [0.1, 0.15) is 0 Å². The number of nitrogens with one attached hydrogen (secondary N) is 1. The first kappa shape index (κ1) is 14.9. The molecule has 27 heavy (non-hydrogen) atoms. The number of nitrogens with zero attached hydrogens (tertiary/aromatic N) is 1. The fourth-order valence-corrected chi connectivity index (χ4v) is 4.88. The second kappa shape index (κ2) is 5.66. The molecule has 0 amide bonds. The van der Waals surface area contributed by atoms with Crippen molar-refractivity contribution in [2.75, 3.05) is 9.03 Å². The van der Waals surface area contributed by atoms with Crippen molar-refractivity contribution in [3.63, 3.8) is 0 Å². The molecule has 0 aliphatic carbocycles. The van der Waals surface area contributed by atoms with Crippen molar-refractivity contribution in [3.8, 4) is 0 Å². The first-order valence-corrected chi connectivity index (χ1v) is 9.82. The number of para-hydroxylation sites is 2. The number of benzene rings is 5. The third kappa shape index (κ3) is 2.22. The predicted molar refractivity (Wildman–Crippen MR) is 119 cm³/mol. The molecule has 0 spiro atoms. The van der Waals surface area contributed by atoms with Crippen molar-refractivity contribution in [3.05, 3.63) is 91.0 Å². The van der Waals surface area contributed by atoms with E-state index in [1.165, 1.54) is 43.7 Å². The molecule has 0 unspecified atom stereocenters. The Morgan fingerprint density at radius 2 is 1.30 bits per heavy atom. The van der Waals surface area contributed by atoms with Gasteiger partial charge < -0.3 is 4.72 Å². The van der Waals surface area contributed by atoms with Crippen molar-refractivity contribution in [1.82, 2.24) is 0 Å². The lowest BCUT2D eigenvalue weighted by atomic mass is 9.97. The van der Waals surface area contributed by atoms with Gasteiger partial charge in [-0.25, -0.2) is 0 Å². The van der Waals surface area contributed by atoms with E-state index >= 15 is 0 Å². The maximum Gasteiger partial charge on any atom is 0.0782 e. The van der Waals surface area contributed by atoms with Gasteiger partial charge in [-0.2, -0.15) is 0 Å². The molecule has 1 aliphatic heterocycles. The van der Waals surface area contributed by atoms with E-state index in [9.17, 15) is 0 Å². The molecule has 0 aromatic heterocycles. The molecule has 0 radical (unpaired) electrons. The third-order valence-corrected chi connectivity index (χ3v) is 6.18. The fourth-order valence-electron chi connectivity index (χ4n) is 4.01. The van der Waals surface area contributed by atoms with E-state index in [4.69, 9.17) is 0 Å². The smallest absolute Gasteiger partial charge is 0.0782 e. The average molecular weight is 364 g/mol. The van der Waals surface area contributed by atoms with Crippen LogP contribution in [0.3, 0.4) is 0 Å². The van der Waals surface area contributed by atoms with Gasteiger partial charge in [-0.1, -0.05) is 60.7 Å². The van der Waals surface area contributed by atoms with E-state index < -0.39 is 0 Å². The van der Waals surface area contributed by atoms with Crippen molar-refractivity contribution in [2.45, 2.75) is 0 Å². The zero-order valence-electron chi connectivity index (χ0n) is 14.5. The van der Waals surface area contributed by atoms with Crippen LogP contribution in [0.4, 0.5) is 17.1 Å². The molecule has 1 aliphatic rings. The molecule has 3 heteroatoms. The van der Waals surface area contributed by atoms with Gasteiger partial charge in [0.2, 0.25) is 0 Å². The van der Waals surface area contributed by atoms with Crippen LogP contribution in [-0.4, -0.2) is 0 Å². The molecule has 0 fully saturated rings. The van der Waals surface area contributed by atoms with E-state index in [0.717, 1.165) is 5.69 Å². The molecule has 0 bridgehead atoms. The molecular weight excluding hydrogens is 348 g/mol. The van der Waals surface area contributed by atoms with Crippen LogP contribution in [0.5, 0.6) is 0 Å². The second-order valence-corrected chi connectivity index (χ2v) is 7.62. The van der Waals surface area contributed by atoms with Gasteiger partial charge in [0.25, 0.3) is 0 Å². The molecule has 0 saturated heterocycles. The summed E-state index contributed by atoms with van der Waals surface area (Å²) in [6.45, 7) is 0. The van der Waals surface area contributed by atoms with E-state index in [0.29, 0.717) is 0 Å². The molecule has 2 nitrogen and oxygen atoms in total. The lowest BCUT2D eigenvalue weighted by Crippen LogP contribution is -2.03. The quantitative estimate of drug-likeness (QED) is 0.191. The second-order valence-electron chi connectivity index (χ2n) is 6.87. The highest BCUT2D eigenvalue weighted by Crippen LogP contribution is 2.47. The van der Waals surface area contributed by atoms with Gasteiger partial charge in [0.05, 0.1) is 29.2 Å². The van der Waals surface area contributed by atoms with E-state index in [1.54, 1.807) is 12.1 Å². The summed E-state index contributed by atoms with van der Waals surface area (Å²) in [6.07, 6.45) is 0. The van der Waals surface area contributed by atoms with Crippen LogP contribution in [0.2, 0.25) is 0 Å². The Balaban J connectivity index is 1.70. The standard InChI is InChI=1S/C24H16N2S/c1-2-7-18-15-20-19(14-17(18)6-1)13-12-16-8-5-11-23(24(16)20)26-22-10-4-3-9-21(22)25-27-26/h1-15,25H. The Bertz CT molecular complexity index is 1340. The zero-order valence-corrected chi connectivity index (χ0v) is 15.3. The van der Waals surface area contributed by atoms with E-state index in [-0.39, 0.29) is 0 Å². The lowest BCUT2D eigenvalue weighted by Gasteiger charge is -2.19. The van der Waals surface area contributed by atoms with Crippen LogP contribution in [-0.2, 0) is 0 Å². The Kier molecular flexibility index (Phi) is 3.13. The number of fused-ring (bicyclic) bond motifs is 5. The van der Waals surface area contributed by atoms with Crippen molar-refractivity contribution < 1.29 is 0 Å². The number of hydrogen-bond donors (Lipinski definition) is 1. The van der Waals surface area contributed by atoms with Gasteiger partial charge in [-0.05, 0) is 57.3 Å². The molecule has 6 rings (SSSR count). The first-order chi connectivity index (χ1) is 13.4. The zero-order chi connectivity index (χ0) is 17.8. The van der Waals surface area contributed by atoms with Gasteiger partial charge in [0.15, 0.2) is 0 Å². The lowest BCUT2D eigenvalue weighted by molar-refractivity contribution is 1.49. The topological polar surface area (TPSA) is 15.3 Å². The average Bonchev–Trinajstić information content (AvgIpc) is 3.16. The maximum absolute atomic E-state index is 3.43. The maximum atomic E-state index is 3.43. The van der Waals surface area contributed by atoms with Gasteiger partial charge >= 0.3 is 0 Å². The van der Waals surface area contributed by atoms with Crippen LogP contribution in [0.25, 0.3) is 32.3 Å². The monoisotopic (exact) mass is 364 g/mol. The largest absolute Gasteiger partial charge is 0.310 e. The van der Waals surface area contributed by atoms with Gasteiger partial charge in [-0.3, -0.25) is 4.31 Å². The van der Waals surface area contributed by atoms with Crippen LogP contribution in [0, 0.1) is 0 Å². The first-order valence-electron chi connectivity index (χ1n) is 9.05. The van der Waals surface area contributed by atoms with Crippen molar-refractivity contribution in [1.29, 1.82) is 0 Å². The SMILES string of the molecule is c1ccc2c(c1)NSN2c1cccc2ccc3cc4ccccc4cc3c12. The van der Waals surface area contributed by atoms with Gasteiger partial charge in [-0.15, -0.1) is 0 Å². The van der Waals surface area contributed by atoms with Crippen molar-refractivity contribution >= 4 is 61.5 Å². The Morgan fingerprint density at radius 1 is 0.593 bits per heavy atom. The highest BCUT2D eigenvalue weighted by atomic mass is 32.2. The fraction of sp³-hybridized carbons (Fsp3) is 0. The van der Waals surface area contributed by atoms with Crippen LogP contribution < -0.4 is 9.03 Å². The van der Waals surface area contributed by atoms with E-state index in [2.05, 4.69) is 100 Å². The van der Waals surface area contributed by atoms with E-state index in [1.807, 2.05) is 0 Å². The summed E-state index contributed by atoms with van der Waals surface area (Å²) in [5.41, 5.74) is 3.58. The minimum Gasteiger partial charge on any atom is -0.310 e. The summed E-state index contributed by atoms with van der Waals surface area (Å²) in [5, 5.41) is 7.70. The van der Waals surface area contributed by atoms with Crippen LogP contribution >= 0.6 is 12.1 Å². The Labute approximate surface area is 161 Å². The molecule has 128 valence electrons. The highest BCUT2D eigenvalue weighted by Gasteiger charge is 2.23. The Morgan fingerprint density at radius 3 is 2.22 bits per heavy atom. The summed E-state index contributed by atoms with van der Waals surface area (Å²) < 4.78 is 5.73. The third-order valence-electron chi connectivity index (χ3n) is 5.29. The summed E-state index contributed by atoms with van der Waals surface area (Å²) >= 11 is 1.63. The summed E-state index contributed by atoms with van der Waals surface area (Å²) in [6, 6.07) is 32.7. The molecule has 5 aromatic carbocycles. The number of rotatable bonds is 1. The summed E-state index contributed by atoms with van der Waals surface area (Å²) in [4.78, 5) is 0. The minimum absolute atomic E-state index is 1.16. The molecule has 0 atom stereocenters. The molecular formula is C24H16N2S. The minimum atomic E-state index is 1.16. The number of anilines is 3. The molecule has 5 aromatic rings. The molecule has 1 N–H and O–H groups in total. The summed E-state index contributed by atoms with van der Waals surface area (Å²) in [7, 11) is 0.